The number of nitriles is 1. The van der Waals surface area contributed by atoms with Crippen molar-refractivity contribution in [3.8, 4) is 6.07 Å². The molecule has 1 rings (SSSR count). The summed E-state index contributed by atoms with van der Waals surface area (Å²) in [5, 5.41) is 8.45. The lowest BCUT2D eigenvalue weighted by atomic mass is 10.1. The molecule has 0 aliphatic carbocycles. The van der Waals surface area contributed by atoms with E-state index in [0.717, 1.165) is 12.1 Å². The lowest BCUT2D eigenvalue weighted by Crippen LogP contribution is -2.04. The van der Waals surface area contributed by atoms with Crippen molar-refractivity contribution >= 4 is 5.57 Å². The molecule has 0 saturated heterocycles. The predicted molar refractivity (Wildman–Crippen MR) is 46.1 cm³/mol. The highest BCUT2D eigenvalue weighted by molar-refractivity contribution is 5.74. The third-order valence-corrected chi connectivity index (χ3v) is 1.70. The van der Waals surface area contributed by atoms with E-state index in [0.29, 0.717) is 5.56 Å². The zero-order chi connectivity index (χ0) is 10.8. The molecule has 0 bridgehead atoms. The van der Waals surface area contributed by atoms with Crippen LogP contribution in [-0.4, -0.2) is 0 Å². The van der Waals surface area contributed by atoms with Crippen LogP contribution < -0.4 is 0 Å². The van der Waals surface area contributed by atoms with Crippen molar-refractivity contribution in [1.82, 2.24) is 0 Å². The number of hydrogen-bond acceptors (Lipinski definition) is 1. The van der Waals surface area contributed by atoms with E-state index in [1.165, 1.54) is 12.1 Å². The Kier molecular flexibility index (Phi) is 2.61. The van der Waals surface area contributed by atoms with E-state index in [-0.39, 0.29) is 5.57 Å². The third-order valence-electron chi connectivity index (χ3n) is 1.70. The number of rotatable bonds is 1. The molecule has 1 aromatic carbocycles. The lowest BCUT2D eigenvalue weighted by Gasteiger charge is -2.06. The zero-order valence-electron chi connectivity index (χ0n) is 7.10. The van der Waals surface area contributed by atoms with Crippen LogP contribution in [0.3, 0.4) is 0 Å². The van der Waals surface area contributed by atoms with Crippen LogP contribution in [0.15, 0.2) is 30.8 Å². The third kappa shape index (κ3) is 2.13. The summed E-state index contributed by atoms with van der Waals surface area (Å²) in [4.78, 5) is 0. The average molecular weight is 197 g/mol. The van der Waals surface area contributed by atoms with Gasteiger partial charge in [-0.3, -0.25) is 0 Å². The summed E-state index contributed by atoms with van der Waals surface area (Å²) in [5.41, 5.74) is -0.175. The van der Waals surface area contributed by atoms with E-state index in [1.807, 2.05) is 0 Å². The first-order valence-corrected chi connectivity index (χ1v) is 3.72. The zero-order valence-corrected chi connectivity index (χ0v) is 7.10. The van der Waals surface area contributed by atoms with Gasteiger partial charge in [0.2, 0.25) is 0 Å². The molecular weight excluding hydrogens is 191 g/mol. The van der Waals surface area contributed by atoms with Crippen molar-refractivity contribution in [2.24, 2.45) is 0 Å². The molecule has 4 heteroatoms. The second kappa shape index (κ2) is 3.54. The maximum atomic E-state index is 12.1. The second-order valence-electron chi connectivity index (χ2n) is 2.67. The van der Waals surface area contributed by atoms with E-state index >= 15 is 0 Å². The van der Waals surface area contributed by atoms with Crippen LogP contribution in [0.5, 0.6) is 0 Å². The summed E-state index contributed by atoms with van der Waals surface area (Å²) < 4.78 is 36.3. The second-order valence-corrected chi connectivity index (χ2v) is 2.67. The number of alkyl halides is 3. The molecule has 14 heavy (non-hydrogen) atoms. The first kappa shape index (κ1) is 10.3. The molecule has 0 radical (unpaired) electrons. The van der Waals surface area contributed by atoms with Crippen LogP contribution in [0.2, 0.25) is 0 Å². The van der Waals surface area contributed by atoms with Gasteiger partial charge in [-0.25, -0.2) is 0 Å². The van der Waals surface area contributed by atoms with E-state index in [2.05, 4.69) is 6.58 Å². The number of halogens is 3. The highest BCUT2D eigenvalue weighted by Gasteiger charge is 2.29. The van der Waals surface area contributed by atoms with Gasteiger partial charge in [0.1, 0.15) is 0 Å². The van der Waals surface area contributed by atoms with E-state index in [1.54, 1.807) is 6.07 Å². The molecule has 0 atom stereocenters. The van der Waals surface area contributed by atoms with Crippen LogP contribution in [0, 0.1) is 11.3 Å². The SMILES string of the molecule is C=C(C#N)c1ccc(C(F)(F)F)cc1. The van der Waals surface area contributed by atoms with Gasteiger partial charge in [-0.1, -0.05) is 18.7 Å². The maximum absolute atomic E-state index is 12.1. The highest BCUT2D eigenvalue weighted by atomic mass is 19.4. The van der Waals surface area contributed by atoms with Crippen LogP contribution in [0.1, 0.15) is 11.1 Å². The molecule has 0 N–H and O–H groups in total. The van der Waals surface area contributed by atoms with Gasteiger partial charge in [-0.05, 0) is 17.7 Å². The molecule has 1 nitrogen and oxygen atoms in total. The van der Waals surface area contributed by atoms with Crippen molar-refractivity contribution in [2.45, 2.75) is 6.18 Å². The fourth-order valence-corrected chi connectivity index (χ4v) is 0.925. The summed E-state index contributed by atoms with van der Waals surface area (Å²) in [5.74, 6) is 0. The predicted octanol–water partition coefficient (Wildman–Crippen LogP) is 3.24. The standard InChI is InChI=1S/C10H6F3N/c1-7(6-14)8-2-4-9(5-3-8)10(11,12)13/h2-5H,1H2. The molecule has 1 aromatic rings. The molecule has 0 aliphatic rings. The van der Waals surface area contributed by atoms with Gasteiger partial charge in [-0.15, -0.1) is 0 Å². The topological polar surface area (TPSA) is 23.8 Å². The minimum Gasteiger partial charge on any atom is -0.192 e. The van der Waals surface area contributed by atoms with E-state index in [9.17, 15) is 13.2 Å². The number of nitrogens with zero attached hydrogens (tertiary/aromatic N) is 1. The van der Waals surface area contributed by atoms with Crippen molar-refractivity contribution in [2.75, 3.05) is 0 Å². The smallest absolute Gasteiger partial charge is 0.192 e. The monoisotopic (exact) mass is 197 g/mol. The van der Waals surface area contributed by atoms with Gasteiger partial charge in [0.05, 0.1) is 17.2 Å². The van der Waals surface area contributed by atoms with Gasteiger partial charge < -0.3 is 0 Å². The summed E-state index contributed by atoms with van der Waals surface area (Å²) >= 11 is 0. The fraction of sp³-hybridized carbons (Fsp3) is 0.100. The normalized spacial score (nSPS) is 10.7. The minimum atomic E-state index is -4.34. The Hall–Kier alpha value is -1.76. The Labute approximate surface area is 79.1 Å². The molecule has 0 fully saturated rings. The van der Waals surface area contributed by atoms with Crippen LogP contribution in [0.25, 0.3) is 5.57 Å². The minimum absolute atomic E-state index is 0.152. The van der Waals surface area contributed by atoms with Crippen molar-refractivity contribution in [1.29, 1.82) is 5.26 Å². The Bertz CT molecular complexity index is 381. The maximum Gasteiger partial charge on any atom is 0.416 e. The van der Waals surface area contributed by atoms with Gasteiger partial charge in [0, 0.05) is 0 Å². The Balaban J connectivity index is 3.02. The molecule has 0 unspecified atom stereocenters. The van der Waals surface area contributed by atoms with Gasteiger partial charge in [0.25, 0.3) is 0 Å². The number of allylic oxidation sites excluding steroid dienone is 1. The van der Waals surface area contributed by atoms with Crippen LogP contribution in [-0.2, 0) is 6.18 Å². The van der Waals surface area contributed by atoms with Crippen LogP contribution in [0.4, 0.5) is 13.2 Å². The summed E-state index contributed by atoms with van der Waals surface area (Å²) in [7, 11) is 0. The molecule has 0 heterocycles. The quantitative estimate of drug-likeness (QED) is 0.634. The largest absolute Gasteiger partial charge is 0.416 e. The molecule has 0 aromatic heterocycles. The molecule has 0 saturated carbocycles. The molecule has 72 valence electrons. The van der Waals surface area contributed by atoms with E-state index < -0.39 is 11.7 Å². The number of benzene rings is 1. The average Bonchev–Trinajstić information content (AvgIpc) is 2.15. The highest BCUT2D eigenvalue weighted by Crippen LogP contribution is 2.29. The first-order valence-electron chi connectivity index (χ1n) is 3.72. The Morgan fingerprint density at radius 2 is 1.71 bits per heavy atom. The Morgan fingerprint density at radius 3 is 2.07 bits per heavy atom. The van der Waals surface area contributed by atoms with Gasteiger partial charge >= 0.3 is 6.18 Å². The summed E-state index contributed by atoms with van der Waals surface area (Å²) in [6.07, 6.45) is -4.34. The molecule has 0 amide bonds. The van der Waals surface area contributed by atoms with Crippen molar-refractivity contribution in [3.63, 3.8) is 0 Å². The Morgan fingerprint density at radius 1 is 1.21 bits per heavy atom. The summed E-state index contributed by atoms with van der Waals surface area (Å²) in [6, 6.07) is 6.08. The van der Waals surface area contributed by atoms with Crippen molar-refractivity contribution in [3.05, 3.63) is 42.0 Å². The molecule has 0 spiro atoms. The fourth-order valence-electron chi connectivity index (χ4n) is 0.925. The molecule has 0 aliphatic heterocycles. The number of hydrogen-bond donors (Lipinski definition) is 0. The first-order chi connectivity index (χ1) is 6.45. The lowest BCUT2D eigenvalue weighted by molar-refractivity contribution is -0.137. The molecular formula is C10H6F3N. The van der Waals surface area contributed by atoms with Gasteiger partial charge in [-0.2, -0.15) is 18.4 Å². The van der Waals surface area contributed by atoms with Crippen LogP contribution >= 0.6 is 0 Å². The van der Waals surface area contributed by atoms with Crippen molar-refractivity contribution < 1.29 is 13.2 Å². The summed E-state index contributed by atoms with van der Waals surface area (Å²) in [6.45, 7) is 3.39. The van der Waals surface area contributed by atoms with Gasteiger partial charge in [0.15, 0.2) is 0 Å². The van der Waals surface area contributed by atoms with E-state index in [4.69, 9.17) is 5.26 Å².